The van der Waals surface area contributed by atoms with E-state index in [0.717, 1.165) is 5.56 Å². The Bertz CT molecular complexity index is 768. The minimum Gasteiger partial charge on any atom is -0.364 e. The lowest BCUT2D eigenvalue weighted by Crippen LogP contribution is -2.53. The van der Waals surface area contributed by atoms with Gasteiger partial charge in [-0.05, 0) is 23.8 Å². The van der Waals surface area contributed by atoms with Gasteiger partial charge < -0.3 is 14.5 Å². The summed E-state index contributed by atoms with van der Waals surface area (Å²) in [7, 11) is 0. The molecule has 0 aromatic carbocycles. The number of likely N-dealkylation sites (tertiary alicyclic amines) is 1. The van der Waals surface area contributed by atoms with Gasteiger partial charge in [-0.25, -0.2) is 0 Å². The van der Waals surface area contributed by atoms with Crippen LogP contribution in [0, 0.1) is 0 Å². The van der Waals surface area contributed by atoms with Crippen molar-refractivity contribution in [1.29, 1.82) is 0 Å². The molecule has 0 bridgehead atoms. The van der Waals surface area contributed by atoms with Crippen LogP contribution < -0.4 is 0 Å². The van der Waals surface area contributed by atoms with E-state index in [2.05, 4.69) is 9.97 Å². The third-order valence-corrected chi connectivity index (χ3v) is 4.67. The summed E-state index contributed by atoms with van der Waals surface area (Å²) in [5, 5.41) is 0. The van der Waals surface area contributed by atoms with Crippen molar-refractivity contribution < 1.29 is 14.3 Å². The molecule has 2 aliphatic rings. The summed E-state index contributed by atoms with van der Waals surface area (Å²) in [5.41, 5.74) is 1.56. The van der Waals surface area contributed by atoms with Gasteiger partial charge in [0.25, 0.3) is 5.91 Å². The van der Waals surface area contributed by atoms with Crippen LogP contribution in [0.1, 0.15) is 15.9 Å². The predicted octanol–water partition coefficient (Wildman–Crippen LogP) is 0.729. The van der Waals surface area contributed by atoms with Gasteiger partial charge in [0.15, 0.2) is 0 Å². The summed E-state index contributed by atoms with van der Waals surface area (Å²) in [6.07, 6.45) is 6.51. The van der Waals surface area contributed by atoms with Crippen LogP contribution in [0.3, 0.4) is 0 Å². The fourth-order valence-electron chi connectivity index (χ4n) is 3.40. The van der Waals surface area contributed by atoms with E-state index in [1.54, 1.807) is 41.8 Å². The molecule has 0 saturated carbocycles. The van der Waals surface area contributed by atoms with Crippen LogP contribution in [0.25, 0.3) is 0 Å². The first-order valence-corrected chi connectivity index (χ1v) is 8.21. The molecule has 0 aliphatic carbocycles. The second-order valence-electron chi connectivity index (χ2n) is 6.25. The highest BCUT2D eigenvalue weighted by Crippen LogP contribution is 2.26. The fraction of sp³-hybridized carbons (Fsp3) is 0.333. The number of hydrogen-bond acceptors (Lipinski definition) is 5. The van der Waals surface area contributed by atoms with Crippen molar-refractivity contribution in [2.24, 2.45) is 0 Å². The van der Waals surface area contributed by atoms with Gasteiger partial charge in [0.2, 0.25) is 5.91 Å². The van der Waals surface area contributed by atoms with Crippen molar-refractivity contribution in [3.63, 3.8) is 0 Å². The second-order valence-corrected chi connectivity index (χ2v) is 6.25. The maximum absolute atomic E-state index is 12.7. The van der Waals surface area contributed by atoms with Crippen LogP contribution in [-0.4, -0.2) is 63.4 Å². The first kappa shape index (κ1) is 15.7. The van der Waals surface area contributed by atoms with Gasteiger partial charge in [0.1, 0.15) is 6.61 Å². The zero-order chi connectivity index (χ0) is 17.2. The van der Waals surface area contributed by atoms with Crippen molar-refractivity contribution in [2.45, 2.75) is 18.7 Å². The molecule has 7 heteroatoms. The molecule has 2 aliphatic heterocycles. The number of ether oxygens (including phenoxy) is 1. The zero-order valence-corrected chi connectivity index (χ0v) is 13.6. The Morgan fingerprint density at radius 2 is 2.00 bits per heavy atom. The van der Waals surface area contributed by atoms with Gasteiger partial charge >= 0.3 is 0 Å². The number of nitrogens with zero attached hydrogens (tertiary/aromatic N) is 4. The molecule has 0 N–H and O–H groups in total. The molecule has 2 fully saturated rings. The molecule has 0 radical (unpaired) electrons. The molecular formula is C18H18N4O3. The van der Waals surface area contributed by atoms with E-state index in [1.807, 2.05) is 17.0 Å². The van der Waals surface area contributed by atoms with Gasteiger partial charge in [-0.2, -0.15) is 0 Å². The standard InChI is InChI=1S/C18H18N4O3/c23-17-12-25-16-11-21(18(24)14-3-6-19-7-4-14)10-15(16)22(17)9-13-2-1-5-20-8-13/h1-8,15-16H,9-12H2. The Labute approximate surface area is 145 Å². The number of rotatable bonds is 3. The first-order chi connectivity index (χ1) is 12.2. The summed E-state index contributed by atoms with van der Waals surface area (Å²) in [5.74, 6) is -0.113. The normalized spacial score (nSPS) is 22.8. The Kier molecular flexibility index (Phi) is 4.15. The summed E-state index contributed by atoms with van der Waals surface area (Å²) < 4.78 is 5.69. The molecule has 4 rings (SSSR count). The van der Waals surface area contributed by atoms with Gasteiger partial charge in [0, 0.05) is 50.0 Å². The van der Waals surface area contributed by atoms with Crippen LogP contribution in [0.5, 0.6) is 0 Å². The van der Waals surface area contributed by atoms with Crippen molar-refractivity contribution in [3.05, 3.63) is 60.2 Å². The Balaban J connectivity index is 1.52. The largest absolute Gasteiger partial charge is 0.364 e. The van der Waals surface area contributed by atoms with E-state index >= 15 is 0 Å². The highest BCUT2D eigenvalue weighted by atomic mass is 16.5. The van der Waals surface area contributed by atoms with E-state index in [1.165, 1.54) is 0 Å². The number of carbonyl (C=O) groups is 2. The van der Waals surface area contributed by atoms with Crippen LogP contribution in [0.15, 0.2) is 49.1 Å². The number of morpholine rings is 1. The molecule has 25 heavy (non-hydrogen) atoms. The Morgan fingerprint density at radius 3 is 2.76 bits per heavy atom. The molecule has 7 nitrogen and oxygen atoms in total. The monoisotopic (exact) mass is 338 g/mol. The maximum atomic E-state index is 12.7. The summed E-state index contributed by atoms with van der Waals surface area (Å²) in [6, 6.07) is 7.06. The summed E-state index contributed by atoms with van der Waals surface area (Å²) in [4.78, 5) is 36.6. The van der Waals surface area contributed by atoms with Crippen LogP contribution >= 0.6 is 0 Å². The quantitative estimate of drug-likeness (QED) is 0.825. The number of pyridine rings is 2. The van der Waals surface area contributed by atoms with E-state index in [0.29, 0.717) is 25.2 Å². The third-order valence-electron chi connectivity index (χ3n) is 4.67. The molecule has 2 atom stereocenters. The van der Waals surface area contributed by atoms with Gasteiger partial charge in [-0.1, -0.05) is 6.07 Å². The van der Waals surface area contributed by atoms with Crippen LogP contribution in [0.2, 0.25) is 0 Å². The molecule has 0 spiro atoms. The van der Waals surface area contributed by atoms with E-state index in [9.17, 15) is 9.59 Å². The van der Waals surface area contributed by atoms with Crippen molar-refractivity contribution >= 4 is 11.8 Å². The molecule has 2 aromatic heterocycles. The number of fused-ring (bicyclic) bond motifs is 1. The molecule has 4 heterocycles. The first-order valence-electron chi connectivity index (χ1n) is 8.21. The highest BCUT2D eigenvalue weighted by Gasteiger charge is 2.44. The smallest absolute Gasteiger partial charge is 0.254 e. The maximum Gasteiger partial charge on any atom is 0.254 e. The third kappa shape index (κ3) is 3.10. The SMILES string of the molecule is O=C(c1ccncc1)N1CC2OCC(=O)N(Cc3cccnc3)C2C1. The number of hydrogen-bond donors (Lipinski definition) is 0. The molecule has 2 aromatic rings. The topological polar surface area (TPSA) is 75.6 Å². The summed E-state index contributed by atoms with van der Waals surface area (Å²) >= 11 is 0. The number of amides is 2. The molecule has 2 saturated heterocycles. The molecule has 128 valence electrons. The number of aromatic nitrogens is 2. The van der Waals surface area contributed by atoms with Gasteiger partial charge in [-0.3, -0.25) is 19.6 Å². The van der Waals surface area contributed by atoms with Crippen molar-refractivity contribution in [3.8, 4) is 0 Å². The minimum absolute atomic E-state index is 0.0525. The summed E-state index contributed by atoms with van der Waals surface area (Å²) in [6.45, 7) is 1.49. The van der Waals surface area contributed by atoms with Crippen molar-refractivity contribution in [2.75, 3.05) is 19.7 Å². The average Bonchev–Trinajstić information content (AvgIpc) is 3.10. The van der Waals surface area contributed by atoms with Gasteiger partial charge in [0.05, 0.1) is 12.1 Å². The van der Waals surface area contributed by atoms with E-state index in [-0.39, 0.29) is 30.6 Å². The molecular weight excluding hydrogens is 320 g/mol. The van der Waals surface area contributed by atoms with Crippen LogP contribution in [-0.2, 0) is 16.1 Å². The molecule has 2 amide bonds. The lowest BCUT2D eigenvalue weighted by molar-refractivity contribution is -0.153. The Hall–Kier alpha value is -2.80. The fourth-order valence-corrected chi connectivity index (χ4v) is 3.40. The highest BCUT2D eigenvalue weighted by molar-refractivity contribution is 5.94. The average molecular weight is 338 g/mol. The predicted molar refractivity (Wildman–Crippen MR) is 88.5 cm³/mol. The lowest BCUT2D eigenvalue weighted by atomic mass is 10.1. The Morgan fingerprint density at radius 1 is 1.16 bits per heavy atom. The number of carbonyl (C=O) groups excluding carboxylic acids is 2. The molecule has 2 unspecified atom stereocenters. The van der Waals surface area contributed by atoms with Gasteiger partial charge in [-0.15, -0.1) is 0 Å². The van der Waals surface area contributed by atoms with Crippen molar-refractivity contribution in [1.82, 2.24) is 19.8 Å². The van der Waals surface area contributed by atoms with Crippen LogP contribution in [0.4, 0.5) is 0 Å². The lowest BCUT2D eigenvalue weighted by Gasteiger charge is -2.36. The second kappa shape index (κ2) is 6.60. The van der Waals surface area contributed by atoms with E-state index < -0.39 is 0 Å². The minimum atomic E-state index is -0.153. The zero-order valence-electron chi connectivity index (χ0n) is 13.6. The van der Waals surface area contributed by atoms with E-state index in [4.69, 9.17) is 4.74 Å².